The minimum Gasteiger partial charge on any atom is -0.355 e. The van der Waals surface area contributed by atoms with Gasteiger partial charge >= 0.3 is 0 Å². The van der Waals surface area contributed by atoms with E-state index in [0.29, 0.717) is 23.0 Å². The highest BCUT2D eigenvalue weighted by molar-refractivity contribution is 6.29. The fraction of sp³-hybridized carbons (Fsp3) is 0.522. The first kappa shape index (κ1) is 20.1. The van der Waals surface area contributed by atoms with Crippen molar-refractivity contribution in [1.82, 2.24) is 15.1 Å². The number of benzene rings is 1. The van der Waals surface area contributed by atoms with Crippen LogP contribution in [0.15, 0.2) is 36.4 Å². The van der Waals surface area contributed by atoms with Gasteiger partial charge in [-0.15, -0.1) is 10.2 Å². The molecule has 0 radical (unpaired) electrons. The smallest absolute Gasteiger partial charge is 0.226 e. The Kier molecular flexibility index (Phi) is 6.04. The summed E-state index contributed by atoms with van der Waals surface area (Å²) in [6.07, 6.45) is 3.99. The number of hydrogen-bond acceptors (Lipinski definition) is 4. The zero-order chi connectivity index (χ0) is 20.4. The van der Waals surface area contributed by atoms with Gasteiger partial charge in [0.05, 0.1) is 0 Å². The molecule has 1 saturated carbocycles. The maximum absolute atomic E-state index is 13.3. The largest absolute Gasteiger partial charge is 0.355 e. The van der Waals surface area contributed by atoms with Crippen molar-refractivity contribution < 1.29 is 4.79 Å². The van der Waals surface area contributed by atoms with Crippen molar-refractivity contribution in [2.75, 3.05) is 18.0 Å². The molecule has 0 unspecified atom stereocenters. The van der Waals surface area contributed by atoms with E-state index in [9.17, 15) is 4.79 Å². The van der Waals surface area contributed by atoms with Crippen LogP contribution in [0.1, 0.15) is 56.6 Å². The fourth-order valence-corrected chi connectivity index (χ4v) is 4.15. The van der Waals surface area contributed by atoms with Gasteiger partial charge in [0.25, 0.3) is 0 Å². The van der Waals surface area contributed by atoms with Crippen LogP contribution in [0.5, 0.6) is 0 Å². The van der Waals surface area contributed by atoms with Crippen LogP contribution in [0.4, 0.5) is 5.82 Å². The lowest BCUT2D eigenvalue weighted by Gasteiger charge is -2.35. The monoisotopic (exact) mass is 412 g/mol. The van der Waals surface area contributed by atoms with Crippen LogP contribution < -0.4 is 4.90 Å². The summed E-state index contributed by atoms with van der Waals surface area (Å²) in [7, 11) is 0. The van der Waals surface area contributed by atoms with Crippen LogP contribution in [-0.2, 0) is 11.3 Å². The molecule has 2 aromatic rings. The van der Waals surface area contributed by atoms with E-state index in [1.54, 1.807) is 6.07 Å². The Bertz CT molecular complexity index is 825. The molecule has 154 valence electrons. The highest BCUT2D eigenvalue weighted by atomic mass is 35.5. The Labute approximate surface area is 178 Å². The first-order valence-corrected chi connectivity index (χ1v) is 11.0. The molecule has 4 rings (SSSR count). The van der Waals surface area contributed by atoms with Crippen LogP contribution in [0.3, 0.4) is 0 Å². The number of amides is 1. The SMILES string of the molecule is CC(C)c1ccc(CN(C(=O)C2CCN(c3ccc(Cl)nn3)CC2)C2CC2)cc1. The van der Waals surface area contributed by atoms with Gasteiger partial charge in [-0.05, 0) is 54.9 Å². The van der Waals surface area contributed by atoms with E-state index in [0.717, 1.165) is 51.1 Å². The molecular weight excluding hydrogens is 384 g/mol. The molecule has 1 saturated heterocycles. The number of carbonyl (C=O) groups excluding carboxylic acids is 1. The van der Waals surface area contributed by atoms with E-state index < -0.39 is 0 Å². The number of carbonyl (C=O) groups is 1. The summed E-state index contributed by atoms with van der Waals surface area (Å²) in [5.74, 6) is 1.79. The molecule has 0 N–H and O–H groups in total. The predicted octanol–water partition coefficient (Wildman–Crippen LogP) is 4.66. The molecular formula is C23H29ClN4O. The summed E-state index contributed by atoms with van der Waals surface area (Å²) in [4.78, 5) is 17.6. The van der Waals surface area contributed by atoms with E-state index in [1.165, 1.54) is 11.1 Å². The van der Waals surface area contributed by atoms with Gasteiger partial charge in [-0.3, -0.25) is 4.79 Å². The molecule has 0 spiro atoms. The van der Waals surface area contributed by atoms with Crippen molar-refractivity contribution >= 4 is 23.3 Å². The van der Waals surface area contributed by atoms with Gasteiger partial charge in [0.2, 0.25) is 5.91 Å². The van der Waals surface area contributed by atoms with E-state index in [-0.39, 0.29) is 5.92 Å². The summed E-state index contributed by atoms with van der Waals surface area (Å²) in [5, 5.41) is 8.50. The topological polar surface area (TPSA) is 49.3 Å². The third kappa shape index (κ3) is 4.89. The molecule has 2 heterocycles. The van der Waals surface area contributed by atoms with Gasteiger partial charge in [0.1, 0.15) is 0 Å². The molecule has 1 aromatic heterocycles. The molecule has 6 heteroatoms. The van der Waals surface area contributed by atoms with Gasteiger partial charge in [-0.2, -0.15) is 0 Å². The third-order valence-electron chi connectivity index (χ3n) is 6.06. The first-order valence-electron chi connectivity index (χ1n) is 10.6. The molecule has 2 aliphatic rings. The maximum Gasteiger partial charge on any atom is 0.226 e. The summed E-state index contributed by atoms with van der Waals surface area (Å²) < 4.78 is 0. The highest BCUT2D eigenvalue weighted by Crippen LogP contribution is 2.32. The second-order valence-corrected chi connectivity index (χ2v) is 8.96. The molecule has 1 amide bonds. The zero-order valence-electron chi connectivity index (χ0n) is 17.2. The van der Waals surface area contributed by atoms with Crippen molar-refractivity contribution in [2.24, 2.45) is 5.92 Å². The minimum absolute atomic E-state index is 0.0991. The van der Waals surface area contributed by atoms with Crippen molar-refractivity contribution in [2.45, 2.75) is 58.0 Å². The molecule has 0 atom stereocenters. The van der Waals surface area contributed by atoms with Crippen molar-refractivity contribution in [1.29, 1.82) is 0 Å². The average molecular weight is 413 g/mol. The van der Waals surface area contributed by atoms with E-state index in [4.69, 9.17) is 11.6 Å². The van der Waals surface area contributed by atoms with Crippen LogP contribution in [0, 0.1) is 5.92 Å². The number of piperidine rings is 1. The molecule has 5 nitrogen and oxygen atoms in total. The Morgan fingerprint density at radius 1 is 1.07 bits per heavy atom. The standard InChI is InChI=1S/C23H29ClN4O/c1-16(2)18-5-3-17(4-6-18)15-28(20-7-8-20)23(29)19-11-13-27(14-12-19)22-10-9-21(24)25-26-22/h3-6,9-10,16,19-20H,7-8,11-15H2,1-2H3. The zero-order valence-corrected chi connectivity index (χ0v) is 18.0. The summed E-state index contributed by atoms with van der Waals surface area (Å²) >= 11 is 5.83. The van der Waals surface area contributed by atoms with Gasteiger partial charge < -0.3 is 9.80 Å². The van der Waals surface area contributed by atoms with Gasteiger partial charge in [-0.25, -0.2) is 0 Å². The summed E-state index contributed by atoms with van der Waals surface area (Å²) in [6, 6.07) is 12.8. The van der Waals surface area contributed by atoms with Gasteiger partial charge in [-0.1, -0.05) is 49.7 Å². The van der Waals surface area contributed by atoms with Crippen LogP contribution in [0.25, 0.3) is 0 Å². The van der Waals surface area contributed by atoms with Crippen molar-refractivity contribution in [3.8, 4) is 0 Å². The second-order valence-electron chi connectivity index (χ2n) is 8.57. The van der Waals surface area contributed by atoms with Crippen molar-refractivity contribution in [3.63, 3.8) is 0 Å². The van der Waals surface area contributed by atoms with Crippen LogP contribution in [0.2, 0.25) is 5.15 Å². The Hall–Kier alpha value is -2.14. The number of rotatable bonds is 6. The fourth-order valence-electron chi connectivity index (χ4n) is 4.05. The normalized spacial score (nSPS) is 17.6. The van der Waals surface area contributed by atoms with E-state index in [2.05, 4.69) is 58.1 Å². The number of halogens is 1. The Balaban J connectivity index is 1.37. The second kappa shape index (κ2) is 8.70. The van der Waals surface area contributed by atoms with Crippen molar-refractivity contribution in [3.05, 3.63) is 52.7 Å². The lowest BCUT2D eigenvalue weighted by atomic mass is 9.94. The first-order chi connectivity index (χ1) is 14.0. The molecule has 29 heavy (non-hydrogen) atoms. The maximum atomic E-state index is 13.3. The Morgan fingerprint density at radius 2 is 1.76 bits per heavy atom. The van der Waals surface area contributed by atoms with Gasteiger partial charge in [0.15, 0.2) is 11.0 Å². The van der Waals surface area contributed by atoms with Gasteiger partial charge in [0, 0.05) is 31.6 Å². The highest BCUT2D eigenvalue weighted by Gasteiger charge is 2.37. The van der Waals surface area contributed by atoms with Crippen LogP contribution in [-0.4, -0.2) is 40.1 Å². The third-order valence-corrected chi connectivity index (χ3v) is 6.26. The lowest BCUT2D eigenvalue weighted by Crippen LogP contribution is -2.43. The summed E-state index contributed by atoms with van der Waals surface area (Å²) in [5.41, 5.74) is 2.57. The lowest BCUT2D eigenvalue weighted by molar-refractivity contribution is -0.137. The number of aromatic nitrogens is 2. The molecule has 1 aliphatic heterocycles. The molecule has 1 aromatic carbocycles. The van der Waals surface area contributed by atoms with Crippen LogP contribution >= 0.6 is 11.6 Å². The Morgan fingerprint density at radius 3 is 2.31 bits per heavy atom. The summed E-state index contributed by atoms with van der Waals surface area (Å²) in [6.45, 7) is 6.79. The molecule has 0 bridgehead atoms. The molecule has 2 fully saturated rings. The van der Waals surface area contributed by atoms with E-state index >= 15 is 0 Å². The van der Waals surface area contributed by atoms with E-state index in [1.807, 2.05) is 6.07 Å². The molecule has 1 aliphatic carbocycles. The average Bonchev–Trinajstić information content (AvgIpc) is 3.58. The predicted molar refractivity (Wildman–Crippen MR) is 116 cm³/mol. The number of nitrogens with zero attached hydrogens (tertiary/aromatic N) is 4. The quantitative estimate of drug-likeness (QED) is 0.692. The minimum atomic E-state index is 0.0991. The number of anilines is 1. The number of hydrogen-bond donors (Lipinski definition) is 0.